The lowest BCUT2D eigenvalue weighted by Gasteiger charge is -2.22. The van der Waals surface area contributed by atoms with E-state index in [0.717, 1.165) is 17.4 Å². The summed E-state index contributed by atoms with van der Waals surface area (Å²) in [4.78, 5) is 19.5. The Balaban J connectivity index is 1.60. The number of aryl methyl sites for hydroxylation is 1. The fraction of sp³-hybridized carbons (Fsp3) is 0.579. The Kier molecular flexibility index (Phi) is 5.82. The lowest BCUT2D eigenvalue weighted by molar-refractivity contribution is -0.116. The van der Waals surface area contributed by atoms with Crippen LogP contribution in [0.1, 0.15) is 44.6 Å². The number of thioether (sulfide) groups is 1. The van der Waals surface area contributed by atoms with Gasteiger partial charge in [-0.05, 0) is 31.9 Å². The van der Waals surface area contributed by atoms with Gasteiger partial charge in [-0.2, -0.15) is 0 Å². The molecule has 1 aliphatic heterocycles. The minimum absolute atomic E-state index is 0.0323. The molecule has 1 saturated carbocycles. The molecule has 1 atom stereocenters. The van der Waals surface area contributed by atoms with Crippen LogP contribution in [-0.2, 0) is 4.79 Å². The van der Waals surface area contributed by atoms with Gasteiger partial charge in [-0.1, -0.05) is 55.6 Å². The van der Waals surface area contributed by atoms with Crippen LogP contribution >= 0.6 is 11.8 Å². The SMILES string of the molecule is Cc1ccc(NC(=O)CN2C[C@H](C)SC2=NC2CCCCC2)cc1. The van der Waals surface area contributed by atoms with Gasteiger partial charge in [-0.25, -0.2) is 0 Å². The summed E-state index contributed by atoms with van der Waals surface area (Å²) in [5, 5.41) is 4.55. The second kappa shape index (κ2) is 8.06. The zero-order valence-electron chi connectivity index (χ0n) is 14.6. The number of carbonyl (C=O) groups is 1. The highest BCUT2D eigenvalue weighted by Crippen LogP contribution is 2.28. The topological polar surface area (TPSA) is 44.7 Å². The summed E-state index contributed by atoms with van der Waals surface area (Å²) in [6.07, 6.45) is 6.31. The van der Waals surface area contributed by atoms with Gasteiger partial charge in [0.2, 0.25) is 5.91 Å². The molecule has 1 aromatic rings. The monoisotopic (exact) mass is 345 g/mol. The van der Waals surface area contributed by atoms with Gasteiger partial charge in [0.05, 0.1) is 12.6 Å². The molecule has 130 valence electrons. The number of hydrogen-bond donors (Lipinski definition) is 1. The van der Waals surface area contributed by atoms with Gasteiger partial charge in [0.15, 0.2) is 5.17 Å². The van der Waals surface area contributed by atoms with Crippen molar-refractivity contribution in [2.24, 2.45) is 4.99 Å². The number of carbonyl (C=O) groups excluding carboxylic acids is 1. The molecule has 1 saturated heterocycles. The van der Waals surface area contributed by atoms with Crippen LogP contribution in [0.3, 0.4) is 0 Å². The Morgan fingerprint density at radius 2 is 1.96 bits per heavy atom. The number of nitrogens with zero attached hydrogens (tertiary/aromatic N) is 2. The van der Waals surface area contributed by atoms with Gasteiger partial charge in [0.1, 0.15) is 0 Å². The number of anilines is 1. The maximum absolute atomic E-state index is 12.4. The van der Waals surface area contributed by atoms with Crippen molar-refractivity contribution in [2.45, 2.75) is 57.2 Å². The van der Waals surface area contributed by atoms with Gasteiger partial charge in [0, 0.05) is 17.5 Å². The average molecular weight is 346 g/mol. The van der Waals surface area contributed by atoms with E-state index in [1.165, 1.54) is 37.7 Å². The summed E-state index contributed by atoms with van der Waals surface area (Å²) in [7, 11) is 0. The van der Waals surface area contributed by atoms with Crippen LogP contribution in [0, 0.1) is 6.92 Å². The maximum Gasteiger partial charge on any atom is 0.243 e. The van der Waals surface area contributed by atoms with Crippen molar-refractivity contribution in [1.82, 2.24) is 4.90 Å². The van der Waals surface area contributed by atoms with Gasteiger partial charge in [0.25, 0.3) is 0 Å². The summed E-state index contributed by atoms with van der Waals surface area (Å²) in [6.45, 7) is 5.54. The number of hydrogen-bond acceptors (Lipinski definition) is 3. The number of aliphatic imine (C=N–C) groups is 1. The second-order valence-electron chi connectivity index (χ2n) is 6.93. The van der Waals surface area contributed by atoms with Crippen LogP contribution in [0.15, 0.2) is 29.3 Å². The Morgan fingerprint density at radius 1 is 1.25 bits per heavy atom. The van der Waals surface area contributed by atoms with Crippen LogP contribution in [0.25, 0.3) is 0 Å². The highest BCUT2D eigenvalue weighted by molar-refractivity contribution is 8.14. The number of amidine groups is 1. The molecule has 1 N–H and O–H groups in total. The molecule has 5 heteroatoms. The molecule has 0 radical (unpaired) electrons. The largest absolute Gasteiger partial charge is 0.341 e. The number of benzene rings is 1. The second-order valence-corrected chi connectivity index (χ2v) is 8.33. The highest BCUT2D eigenvalue weighted by atomic mass is 32.2. The lowest BCUT2D eigenvalue weighted by atomic mass is 9.96. The van der Waals surface area contributed by atoms with Crippen molar-refractivity contribution in [3.8, 4) is 0 Å². The van der Waals surface area contributed by atoms with Crippen molar-refractivity contribution in [3.05, 3.63) is 29.8 Å². The normalized spacial score (nSPS) is 23.7. The fourth-order valence-corrected chi connectivity index (χ4v) is 4.41. The quantitative estimate of drug-likeness (QED) is 0.895. The summed E-state index contributed by atoms with van der Waals surface area (Å²) >= 11 is 1.81. The molecule has 1 amide bonds. The van der Waals surface area contributed by atoms with Crippen LogP contribution in [0.4, 0.5) is 5.69 Å². The predicted molar refractivity (Wildman–Crippen MR) is 103 cm³/mol. The Morgan fingerprint density at radius 3 is 2.67 bits per heavy atom. The molecule has 3 rings (SSSR count). The van der Waals surface area contributed by atoms with Crippen molar-refractivity contribution in [2.75, 3.05) is 18.4 Å². The van der Waals surface area contributed by atoms with Crippen LogP contribution in [0.2, 0.25) is 0 Å². The number of amides is 1. The Bertz CT molecular complexity index is 593. The van der Waals surface area contributed by atoms with E-state index in [1.54, 1.807) is 0 Å². The predicted octanol–water partition coefficient (Wildman–Crippen LogP) is 4.06. The fourth-order valence-electron chi connectivity index (χ4n) is 3.30. The molecule has 0 aromatic heterocycles. The minimum Gasteiger partial charge on any atom is -0.341 e. The van der Waals surface area contributed by atoms with E-state index in [2.05, 4.69) is 17.1 Å². The zero-order chi connectivity index (χ0) is 16.9. The molecule has 2 fully saturated rings. The van der Waals surface area contributed by atoms with Crippen molar-refractivity contribution in [1.29, 1.82) is 0 Å². The first-order valence-electron chi connectivity index (χ1n) is 8.96. The molecule has 1 heterocycles. The lowest BCUT2D eigenvalue weighted by Crippen LogP contribution is -2.35. The third-order valence-electron chi connectivity index (χ3n) is 4.59. The standard InChI is InChI=1S/C19H27N3OS/c1-14-8-10-17(11-9-14)20-18(23)13-22-12-15(2)24-19(22)21-16-6-4-3-5-7-16/h8-11,15-16H,3-7,12-13H2,1-2H3,(H,20,23)/t15-/m0/s1. The molecule has 0 bridgehead atoms. The summed E-state index contributed by atoms with van der Waals surface area (Å²) in [5.41, 5.74) is 2.05. The van der Waals surface area contributed by atoms with Crippen molar-refractivity contribution < 1.29 is 4.79 Å². The zero-order valence-corrected chi connectivity index (χ0v) is 15.4. The van der Waals surface area contributed by atoms with Gasteiger partial charge in [-0.3, -0.25) is 9.79 Å². The van der Waals surface area contributed by atoms with Crippen molar-refractivity contribution in [3.63, 3.8) is 0 Å². The summed E-state index contributed by atoms with van der Waals surface area (Å²) < 4.78 is 0. The van der Waals surface area contributed by atoms with Crippen molar-refractivity contribution >= 4 is 28.5 Å². The third-order valence-corrected chi connectivity index (χ3v) is 5.72. The van der Waals surface area contributed by atoms with Gasteiger partial charge in [-0.15, -0.1) is 0 Å². The molecular formula is C19H27N3OS. The van der Waals surface area contributed by atoms with Crippen LogP contribution in [-0.4, -0.2) is 40.4 Å². The first kappa shape index (κ1) is 17.3. The molecule has 4 nitrogen and oxygen atoms in total. The summed E-state index contributed by atoms with van der Waals surface area (Å²) in [5.74, 6) is 0.0323. The molecule has 0 unspecified atom stereocenters. The third kappa shape index (κ3) is 4.76. The Labute approximate surface area is 149 Å². The molecule has 2 aliphatic rings. The van der Waals surface area contributed by atoms with E-state index in [-0.39, 0.29) is 5.91 Å². The minimum atomic E-state index is 0.0323. The van der Waals surface area contributed by atoms with E-state index in [4.69, 9.17) is 4.99 Å². The smallest absolute Gasteiger partial charge is 0.243 e. The highest BCUT2D eigenvalue weighted by Gasteiger charge is 2.28. The molecule has 0 spiro atoms. The van der Waals surface area contributed by atoms with Crippen LogP contribution < -0.4 is 5.32 Å². The average Bonchev–Trinajstić information content (AvgIpc) is 2.89. The molecule has 1 aliphatic carbocycles. The number of nitrogens with one attached hydrogen (secondary N) is 1. The number of rotatable bonds is 4. The molecule has 1 aromatic carbocycles. The van der Waals surface area contributed by atoms with E-state index in [0.29, 0.717) is 17.8 Å². The van der Waals surface area contributed by atoms with Gasteiger partial charge >= 0.3 is 0 Å². The molecular weight excluding hydrogens is 318 g/mol. The first-order valence-corrected chi connectivity index (χ1v) is 9.84. The van der Waals surface area contributed by atoms with E-state index in [1.807, 2.05) is 43.0 Å². The van der Waals surface area contributed by atoms with E-state index < -0.39 is 0 Å². The Hall–Kier alpha value is -1.49. The van der Waals surface area contributed by atoms with E-state index >= 15 is 0 Å². The maximum atomic E-state index is 12.4. The molecule has 24 heavy (non-hydrogen) atoms. The summed E-state index contributed by atoms with van der Waals surface area (Å²) in [6, 6.07) is 8.38. The van der Waals surface area contributed by atoms with Gasteiger partial charge < -0.3 is 10.2 Å². The first-order chi connectivity index (χ1) is 11.6. The van der Waals surface area contributed by atoms with E-state index in [9.17, 15) is 4.79 Å². The van der Waals surface area contributed by atoms with Crippen LogP contribution in [0.5, 0.6) is 0 Å².